The first-order chi connectivity index (χ1) is 9.52. The lowest BCUT2D eigenvalue weighted by Gasteiger charge is -2.18. The van der Waals surface area contributed by atoms with Crippen molar-refractivity contribution in [2.75, 3.05) is 34.8 Å². The van der Waals surface area contributed by atoms with Crippen LogP contribution in [0.4, 0.5) is 11.8 Å². The van der Waals surface area contributed by atoms with E-state index in [2.05, 4.69) is 20.2 Å². The van der Waals surface area contributed by atoms with Gasteiger partial charge in [0.25, 0.3) is 0 Å². The first-order valence-electron chi connectivity index (χ1n) is 7.09. The molecule has 0 aliphatic carbocycles. The fraction of sp³-hybridized carbons (Fsp3) is 0.692. The van der Waals surface area contributed by atoms with Gasteiger partial charge in [0.1, 0.15) is 5.82 Å². The van der Waals surface area contributed by atoms with Crippen molar-refractivity contribution in [3.63, 3.8) is 0 Å². The summed E-state index contributed by atoms with van der Waals surface area (Å²) < 4.78 is 23.0. The van der Waals surface area contributed by atoms with Crippen LogP contribution in [0, 0.1) is 6.92 Å². The summed E-state index contributed by atoms with van der Waals surface area (Å²) in [6.45, 7) is 4.01. The fourth-order valence-corrected chi connectivity index (χ4v) is 4.49. The molecule has 0 radical (unpaired) electrons. The van der Waals surface area contributed by atoms with Gasteiger partial charge in [-0.1, -0.05) is 0 Å². The van der Waals surface area contributed by atoms with E-state index in [9.17, 15) is 8.42 Å². The molecule has 2 saturated heterocycles. The smallest absolute Gasteiger partial charge is 0.225 e. The number of anilines is 2. The molecule has 3 heterocycles. The highest BCUT2D eigenvalue weighted by atomic mass is 32.2. The normalized spacial score (nSPS) is 25.1. The third-order valence-corrected chi connectivity index (χ3v) is 5.60. The average Bonchev–Trinajstić information content (AvgIpc) is 2.98. The van der Waals surface area contributed by atoms with Crippen molar-refractivity contribution in [1.29, 1.82) is 0 Å². The lowest BCUT2D eigenvalue weighted by Crippen LogP contribution is -2.24. The molecule has 2 aliphatic heterocycles. The summed E-state index contributed by atoms with van der Waals surface area (Å²) in [6.07, 6.45) is 3.04. The summed E-state index contributed by atoms with van der Waals surface area (Å²) in [4.78, 5) is 11.2. The zero-order valence-electron chi connectivity index (χ0n) is 11.7. The van der Waals surface area contributed by atoms with E-state index in [-0.39, 0.29) is 17.5 Å². The zero-order valence-corrected chi connectivity index (χ0v) is 12.5. The molecule has 110 valence electrons. The highest BCUT2D eigenvalue weighted by molar-refractivity contribution is 7.91. The molecule has 0 bridgehead atoms. The van der Waals surface area contributed by atoms with Gasteiger partial charge in [-0.15, -0.1) is 0 Å². The molecular formula is C13H20N4O2S. The lowest BCUT2D eigenvalue weighted by atomic mass is 10.3. The van der Waals surface area contributed by atoms with Crippen molar-refractivity contribution in [1.82, 2.24) is 9.97 Å². The molecule has 0 aromatic carbocycles. The van der Waals surface area contributed by atoms with Gasteiger partial charge in [0, 0.05) is 30.9 Å². The summed E-state index contributed by atoms with van der Waals surface area (Å²) >= 11 is 0. The van der Waals surface area contributed by atoms with Gasteiger partial charge in [0.15, 0.2) is 9.84 Å². The molecule has 1 aromatic heterocycles. The number of nitrogens with zero attached hydrogens (tertiary/aromatic N) is 3. The second kappa shape index (κ2) is 5.20. The topological polar surface area (TPSA) is 75.2 Å². The Morgan fingerprint density at radius 1 is 1.30 bits per heavy atom. The summed E-state index contributed by atoms with van der Waals surface area (Å²) in [5.41, 5.74) is 0.908. The number of nitrogens with one attached hydrogen (secondary N) is 1. The first-order valence-corrected chi connectivity index (χ1v) is 8.92. The molecule has 2 fully saturated rings. The quantitative estimate of drug-likeness (QED) is 0.896. The molecule has 3 rings (SSSR count). The van der Waals surface area contributed by atoms with Crippen molar-refractivity contribution in [2.24, 2.45) is 0 Å². The van der Waals surface area contributed by atoms with E-state index in [1.807, 2.05) is 13.0 Å². The first kappa shape index (κ1) is 13.6. The number of hydrogen-bond acceptors (Lipinski definition) is 6. The van der Waals surface area contributed by atoms with Crippen molar-refractivity contribution in [2.45, 2.75) is 32.2 Å². The monoisotopic (exact) mass is 296 g/mol. The van der Waals surface area contributed by atoms with Crippen LogP contribution in [-0.4, -0.2) is 49.0 Å². The molecule has 2 aliphatic rings. The Hall–Kier alpha value is -1.37. The Morgan fingerprint density at radius 2 is 2.05 bits per heavy atom. The summed E-state index contributed by atoms with van der Waals surface area (Å²) in [7, 11) is -2.88. The molecule has 1 atom stereocenters. The predicted molar refractivity (Wildman–Crippen MR) is 78.9 cm³/mol. The van der Waals surface area contributed by atoms with E-state index >= 15 is 0 Å². The molecule has 0 spiro atoms. The van der Waals surface area contributed by atoms with Gasteiger partial charge in [-0.05, 0) is 26.2 Å². The van der Waals surface area contributed by atoms with E-state index in [0.29, 0.717) is 12.4 Å². The molecule has 6 nitrogen and oxygen atoms in total. The van der Waals surface area contributed by atoms with Gasteiger partial charge in [0.05, 0.1) is 11.5 Å². The molecule has 20 heavy (non-hydrogen) atoms. The summed E-state index contributed by atoms with van der Waals surface area (Å²) in [5, 5.41) is 3.17. The third-order valence-electron chi connectivity index (χ3n) is 3.84. The predicted octanol–water partition coefficient (Wildman–Crippen LogP) is 0.984. The van der Waals surface area contributed by atoms with Gasteiger partial charge in [0.2, 0.25) is 5.95 Å². The minimum absolute atomic E-state index is 0.0618. The number of sulfone groups is 1. The van der Waals surface area contributed by atoms with Crippen molar-refractivity contribution < 1.29 is 8.42 Å². The van der Waals surface area contributed by atoms with E-state index in [1.54, 1.807) is 0 Å². The van der Waals surface area contributed by atoms with E-state index in [0.717, 1.165) is 24.6 Å². The standard InChI is InChI=1S/C13H20N4O2S/c1-10-8-12(17-5-2-3-6-17)16-13(14-10)15-11-4-7-20(18,19)9-11/h8,11H,2-7,9H2,1H3,(H,14,15,16). The Balaban J connectivity index is 1.76. The van der Waals surface area contributed by atoms with Crippen molar-refractivity contribution in [3.05, 3.63) is 11.8 Å². The van der Waals surface area contributed by atoms with Gasteiger partial charge in [-0.25, -0.2) is 13.4 Å². The maximum absolute atomic E-state index is 11.5. The molecule has 1 N–H and O–H groups in total. The largest absolute Gasteiger partial charge is 0.356 e. The molecule has 0 amide bonds. The Bertz CT molecular complexity index is 596. The van der Waals surface area contributed by atoms with Crippen LogP contribution in [0.3, 0.4) is 0 Å². The van der Waals surface area contributed by atoms with Crippen LogP contribution in [-0.2, 0) is 9.84 Å². The SMILES string of the molecule is Cc1cc(N2CCCC2)nc(NC2CCS(=O)(=O)C2)n1. The second-order valence-electron chi connectivity index (χ2n) is 5.63. The minimum atomic E-state index is -2.88. The van der Waals surface area contributed by atoms with Gasteiger partial charge in [-0.3, -0.25) is 0 Å². The highest BCUT2D eigenvalue weighted by Gasteiger charge is 2.28. The Morgan fingerprint density at radius 3 is 2.70 bits per heavy atom. The average molecular weight is 296 g/mol. The molecule has 1 unspecified atom stereocenters. The van der Waals surface area contributed by atoms with Crippen LogP contribution in [0.25, 0.3) is 0 Å². The Labute approximate surface area is 119 Å². The molecular weight excluding hydrogens is 276 g/mol. The van der Waals surface area contributed by atoms with Crippen LogP contribution in [0.5, 0.6) is 0 Å². The fourth-order valence-electron chi connectivity index (χ4n) is 2.82. The minimum Gasteiger partial charge on any atom is -0.356 e. The summed E-state index contributed by atoms with van der Waals surface area (Å²) in [6, 6.07) is 1.93. The number of aryl methyl sites for hydroxylation is 1. The maximum Gasteiger partial charge on any atom is 0.225 e. The summed E-state index contributed by atoms with van der Waals surface area (Å²) in [5.74, 6) is 1.94. The second-order valence-corrected chi connectivity index (χ2v) is 7.86. The number of hydrogen-bond donors (Lipinski definition) is 1. The Kier molecular flexibility index (Phi) is 3.54. The van der Waals surface area contributed by atoms with E-state index in [4.69, 9.17) is 0 Å². The van der Waals surface area contributed by atoms with E-state index in [1.165, 1.54) is 12.8 Å². The van der Waals surface area contributed by atoms with Crippen LogP contribution in [0.1, 0.15) is 25.0 Å². The van der Waals surface area contributed by atoms with Crippen LogP contribution in [0.15, 0.2) is 6.07 Å². The zero-order chi connectivity index (χ0) is 14.2. The van der Waals surface area contributed by atoms with E-state index < -0.39 is 9.84 Å². The van der Waals surface area contributed by atoms with Crippen molar-refractivity contribution in [3.8, 4) is 0 Å². The molecule has 1 aromatic rings. The number of aromatic nitrogens is 2. The van der Waals surface area contributed by atoms with Crippen LogP contribution >= 0.6 is 0 Å². The highest BCUT2D eigenvalue weighted by Crippen LogP contribution is 2.21. The third kappa shape index (κ3) is 3.03. The number of rotatable bonds is 3. The molecule has 7 heteroatoms. The lowest BCUT2D eigenvalue weighted by molar-refractivity contribution is 0.602. The maximum atomic E-state index is 11.5. The molecule has 0 saturated carbocycles. The van der Waals surface area contributed by atoms with Gasteiger partial charge in [-0.2, -0.15) is 4.98 Å². The van der Waals surface area contributed by atoms with Crippen LogP contribution < -0.4 is 10.2 Å². The van der Waals surface area contributed by atoms with Gasteiger partial charge >= 0.3 is 0 Å². The van der Waals surface area contributed by atoms with Gasteiger partial charge < -0.3 is 10.2 Å². The van der Waals surface area contributed by atoms with Crippen molar-refractivity contribution >= 4 is 21.6 Å². The van der Waals surface area contributed by atoms with Crippen LogP contribution in [0.2, 0.25) is 0 Å².